The predicted molar refractivity (Wildman–Crippen MR) is 223 cm³/mol. The molecule has 0 heterocycles. The molecule has 4 rings (SSSR count). The van der Waals surface area contributed by atoms with Gasteiger partial charge in [0.05, 0.1) is 4.90 Å². The largest absolute Gasteiger partial charge is 2.00 e. The van der Waals surface area contributed by atoms with Crippen molar-refractivity contribution in [3.63, 3.8) is 0 Å². The number of ether oxygens (including phenoxy) is 2. The molecule has 0 spiro atoms. The van der Waals surface area contributed by atoms with Crippen LogP contribution in [0.25, 0.3) is 0 Å². The standard InChI is InChI=1S/2C22H30O5S.Ca/c2*1-2-3-4-5-6-7-8-9-11-20-21(12-10-13-22(20)28(24,25)26)27-19-16-14-18(23)15-17-19;/h2*10,12-17,23H,2-9,11H2,1H3,(H,24,25,26);/q;;+2/p-2. The Hall–Kier alpha value is -2.84. The van der Waals surface area contributed by atoms with Gasteiger partial charge in [-0.25, -0.2) is 8.42 Å². The van der Waals surface area contributed by atoms with Gasteiger partial charge in [-0.2, -0.15) is 8.42 Å². The van der Waals surface area contributed by atoms with Crippen LogP contribution >= 0.6 is 0 Å². The third kappa shape index (κ3) is 19.2. The quantitative estimate of drug-likeness (QED) is 0.0392. The summed E-state index contributed by atoms with van der Waals surface area (Å²) in [7, 11) is -8.93. The molecular formula is C44H58CaO10S2. The van der Waals surface area contributed by atoms with Gasteiger partial charge in [-0.1, -0.05) is 128 Å². The molecule has 13 heteroatoms. The first-order valence-corrected chi connectivity index (χ1v) is 22.8. The molecule has 0 bridgehead atoms. The summed E-state index contributed by atoms with van der Waals surface area (Å²) in [5.74, 6) is 1.66. The van der Waals surface area contributed by atoms with Crippen LogP contribution in [0.4, 0.5) is 0 Å². The van der Waals surface area contributed by atoms with Gasteiger partial charge in [-0.3, -0.25) is 4.55 Å². The maximum absolute atomic E-state index is 11.8. The summed E-state index contributed by atoms with van der Waals surface area (Å²) in [6, 6.07) is 21.2. The van der Waals surface area contributed by atoms with E-state index in [1.54, 1.807) is 30.3 Å². The van der Waals surface area contributed by atoms with Crippen LogP contribution in [-0.2, 0) is 33.1 Å². The van der Waals surface area contributed by atoms with Crippen molar-refractivity contribution in [3.05, 3.63) is 96.1 Å². The Bertz CT molecular complexity index is 1810. The smallest absolute Gasteiger partial charge is 0.872 e. The fraction of sp³-hybridized carbons (Fsp3) is 0.455. The van der Waals surface area contributed by atoms with Crippen molar-refractivity contribution in [3.8, 4) is 34.5 Å². The summed E-state index contributed by atoms with van der Waals surface area (Å²) < 4.78 is 79.9. The van der Waals surface area contributed by atoms with Crippen LogP contribution in [0.3, 0.4) is 0 Å². The third-order valence-corrected chi connectivity index (χ3v) is 11.3. The minimum Gasteiger partial charge on any atom is -0.872 e. The Morgan fingerprint density at radius 1 is 0.526 bits per heavy atom. The number of phenolic OH excluding ortho intramolecular Hbond substituents is 1. The van der Waals surface area contributed by atoms with E-state index in [1.165, 1.54) is 119 Å². The Kier molecular flexibility index (Phi) is 23.8. The summed E-state index contributed by atoms with van der Waals surface area (Å²) in [6.45, 7) is 4.39. The Labute approximate surface area is 370 Å². The van der Waals surface area contributed by atoms with Gasteiger partial charge in [-0.05, 0) is 86.3 Å². The number of aromatic hydroxyl groups is 1. The van der Waals surface area contributed by atoms with Gasteiger partial charge in [0, 0.05) is 11.1 Å². The molecule has 0 unspecified atom stereocenters. The molecule has 0 radical (unpaired) electrons. The average molecular weight is 851 g/mol. The maximum atomic E-state index is 11.8. The number of hydrogen-bond donors (Lipinski definition) is 2. The van der Waals surface area contributed by atoms with Gasteiger partial charge in [0.15, 0.2) is 0 Å². The zero-order valence-corrected chi connectivity index (χ0v) is 37.3. The van der Waals surface area contributed by atoms with Crippen LogP contribution < -0.4 is 14.6 Å². The number of rotatable bonds is 24. The van der Waals surface area contributed by atoms with Crippen LogP contribution in [0.15, 0.2) is 94.7 Å². The molecular weight excluding hydrogens is 793 g/mol. The summed E-state index contributed by atoms with van der Waals surface area (Å²) >= 11 is 0. The van der Waals surface area contributed by atoms with E-state index < -0.39 is 20.2 Å². The fourth-order valence-electron chi connectivity index (χ4n) is 6.40. The molecule has 10 nitrogen and oxygen atoms in total. The van der Waals surface area contributed by atoms with Gasteiger partial charge in [-0.15, -0.1) is 5.75 Å². The first-order valence-electron chi connectivity index (χ1n) is 19.9. The Morgan fingerprint density at radius 3 is 1.30 bits per heavy atom. The van der Waals surface area contributed by atoms with Crippen LogP contribution in [-0.4, -0.2) is 68.8 Å². The van der Waals surface area contributed by atoms with Crippen LogP contribution in [0, 0.1) is 0 Å². The molecule has 57 heavy (non-hydrogen) atoms. The van der Waals surface area contributed by atoms with Crippen molar-refractivity contribution < 1.29 is 45.6 Å². The fourth-order valence-corrected chi connectivity index (χ4v) is 7.91. The maximum Gasteiger partial charge on any atom is 2.00 e. The molecule has 0 atom stereocenters. The predicted octanol–water partition coefficient (Wildman–Crippen LogP) is 10.9. The van der Waals surface area contributed by atoms with Crippen molar-refractivity contribution in [2.24, 2.45) is 0 Å². The van der Waals surface area contributed by atoms with E-state index in [4.69, 9.17) is 9.47 Å². The number of hydrogen-bond acceptors (Lipinski definition) is 9. The van der Waals surface area contributed by atoms with Gasteiger partial charge >= 0.3 is 37.7 Å². The van der Waals surface area contributed by atoms with Gasteiger partial charge < -0.3 is 24.2 Å². The monoisotopic (exact) mass is 850 g/mol. The summed E-state index contributed by atoms with van der Waals surface area (Å²) in [4.78, 5) is -0.333. The first kappa shape index (κ1) is 50.3. The summed E-state index contributed by atoms with van der Waals surface area (Å²) in [6.07, 6.45) is 19.1. The molecule has 0 fully saturated rings. The first-order chi connectivity index (χ1) is 26.8. The van der Waals surface area contributed by atoms with E-state index in [2.05, 4.69) is 13.8 Å². The van der Waals surface area contributed by atoms with E-state index in [1.807, 2.05) is 0 Å². The van der Waals surface area contributed by atoms with E-state index in [-0.39, 0.29) is 59.0 Å². The summed E-state index contributed by atoms with van der Waals surface area (Å²) in [5, 5.41) is 20.6. The molecule has 4 aromatic rings. The Morgan fingerprint density at radius 2 is 0.895 bits per heavy atom. The van der Waals surface area contributed by atoms with Crippen LogP contribution in [0.2, 0.25) is 0 Å². The minimum atomic E-state index is -4.59. The second-order valence-corrected chi connectivity index (χ2v) is 16.8. The number of phenols is 1. The van der Waals surface area contributed by atoms with Crippen molar-refractivity contribution in [1.82, 2.24) is 0 Å². The molecule has 0 aromatic heterocycles. The van der Waals surface area contributed by atoms with Crippen molar-refractivity contribution in [1.29, 1.82) is 0 Å². The SMILES string of the molecule is CCCCCCCCCCc1c(Oc2ccc(O)cc2)cccc1S(=O)(=O)O.CCCCCCCCCCc1c(Oc2ccc([O-])cc2)cccc1S(=O)(=O)[O-].[Ca+2]. The van der Waals surface area contributed by atoms with Crippen LogP contribution in [0.1, 0.15) is 128 Å². The molecule has 4 aromatic carbocycles. The number of benzene rings is 4. The molecule has 0 aliphatic heterocycles. The second-order valence-electron chi connectivity index (χ2n) is 14.0. The normalized spacial score (nSPS) is 11.3. The van der Waals surface area contributed by atoms with E-state index >= 15 is 0 Å². The molecule has 0 aliphatic carbocycles. The van der Waals surface area contributed by atoms with Crippen LogP contribution in [0.5, 0.6) is 34.5 Å². The zero-order chi connectivity index (χ0) is 40.8. The minimum absolute atomic E-state index is 0. The van der Waals surface area contributed by atoms with E-state index in [0.717, 1.165) is 38.5 Å². The van der Waals surface area contributed by atoms with E-state index in [0.29, 0.717) is 47.0 Å². The van der Waals surface area contributed by atoms with Crippen molar-refractivity contribution in [2.45, 2.75) is 139 Å². The molecule has 0 amide bonds. The van der Waals surface area contributed by atoms with Gasteiger partial charge in [0.25, 0.3) is 10.1 Å². The average Bonchev–Trinajstić information content (AvgIpc) is 3.16. The van der Waals surface area contributed by atoms with Gasteiger partial charge in [0.2, 0.25) is 0 Å². The number of unbranched alkanes of at least 4 members (excludes halogenated alkanes) is 14. The topological polar surface area (TPSA) is 173 Å². The van der Waals surface area contributed by atoms with Crippen molar-refractivity contribution in [2.75, 3.05) is 0 Å². The van der Waals surface area contributed by atoms with Crippen molar-refractivity contribution >= 4 is 58.0 Å². The third-order valence-electron chi connectivity index (χ3n) is 9.40. The molecule has 0 aliphatic rings. The zero-order valence-electron chi connectivity index (χ0n) is 33.5. The Balaban J connectivity index is 0.000000387. The molecule has 2 N–H and O–H groups in total. The second kappa shape index (κ2) is 27.0. The van der Waals surface area contributed by atoms with Gasteiger partial charge in [0.1, 0.15) is 43.8 Å². The van der Waals surface area contributed by atoms with E-state index in [9.17, 15) is 36.2 Å². The molecule has 308 valence electrons. The summed E-state index contributed by atoms with van der Waals surface area (Å²) in [5.41, 5.74) is 0.902. The molecule has 0 saturated heterocycles. The molecule has 0 saturated carbocycles.